The van der Waals surface area contributed by atoms with Gasteiger partial charge in [0.1, 0.15) is 18.4 Å². The molecule has 2 aromatic rings. The number of hydrogen-bond acceptors (Lipinski definition) is 7. The number of carboxylic acids is 1. The standard InChI is InChI=1S/C28H33NO8/c1-3-5-14-36-21-13-9-12-20(15-21)26(32)23-17-29(28(34)37-18-19-10-7-6-8-11-19)25(27(33)35-4-2)22(23)16-24(30)31/h6-13,15,22-23,25H,3-5,14,16-18H2,1-2H3,(H,30,31)/t22-,23-,25-/m0/s1. The fourth-order valence-corrected chi connectivity index (χ4v) is 4.45. The van der Waals surface area contributed by atoms with Crippen molar-refractivity contribution in [2.45, 2.75) is 45.8 Å². The van der Waals surface area contributed by atoms with Crippen LogP contribution in [0.5, 0.6) is 5.75 Å². The van der Waals surface area contributed by atoms with Gasteiger partial charge in [0.15, 0.2) is 5.78 Å². The molecule has 9 nitrogen and oxygen atoms in total. The van der Waals surface area contributed by atoms with Crippen molar-refractivity contribution in [3.8, 4) is 5.75 Å². The second kappa shape index (κ2) is 13.4. The molecule has 0 spiro atoms. The van der Waals surface area contributed by atoms with Crippen LogP contribution in [0.15, 0.2) is 54.6 Å². The number of carboxylic acid groups (broad SMARTS) is 1. The third kappa shape index (κ3) is 7.31. The van der Waals surface area contributed by atoms with Crippen molar-refractivity contribution in [2.24, 2.45) is 11.8 Å². The first-order chi connectivity index (χ1) is 17.8. The quantitative estimate of drug-likeness (QED) is 0.254. The Labute approximate surface area is 216 Å². The van der Waals surface area contributed by atoms with Crippen molar-refractivity contribution >= 4 is 23.8 Å². The molecule has 1 saturated heterocycles. The highest BCUT2D eigenvalue weighted by atomic mass is 16.6. The molecule has 2 aromatic carbocycles. The fourth-order valence-electron chi connectivity index (χ4n) is 4.45. The third-order valence-corrected chi connectivity index (χ3v) is 6.25. The Bertz CT molecular complexity index is 1090. The highest BCUT2D eigenvalue weighted by Gasteiger charge is 2.52. The highest BCUT2D eigenvalue weighted by molar-refractivity contribution is 6.00. The van der Waals surface area contributed by atoms with Crippen molar-refractivity contribution in [3.63, 3.8) is 0 Å². The lowest BCUT2D eigenvalue weighted by Crippen LogP contribution is -2.45. The Kier molecular flexibility index (Phi) is 10.1. The molecule has 1 heterocycles. The van der Waals surface area contributed by atoms with Gasteiger partial charge in [-0.1, -0.05) is 55.8 Å². The number of hydrogen-bond donors (Lipinski definition) is 1. The van der Waals surface area contributed by atoms with Crippen LogP contribution in [-0.4, -0.2) is 59.6 Å². The Balaban J connectivity index is 1.88. The van der Waals surface area contributed by atoms with Gasteiger partial charge in [-0.05, 0) is 31.0 Å². The average Bonchev–Trinajstić information content (AvgIpc) is 3.26. The van der Waals surface area contributed by atoms with Gasteiger partial charge in [0, 0.05) is 23.9 Å². The largest absolute Gasteiger partial charge is 0.494 e. The van der Waals surface area contributed by atoms with Gasteiger partial charge in [-0.15, -0.1) is 0 Å². The number of ketones is 1. The number of aliphatic carboxylic acids is 1. The van der Waals surface area contributed by atoms with E-state index in [1.54, 1.807) is 55.5 Å². The summed E-state index contributed by atoms with van der Waals surface area (Å²) in [5.41, 5.74) is 1.06. The maximum atomic E-state index is 13.6. The van der Waals surface area contributed by atoms with E-state index in [1.165, 1.54) is 0 Å². The number of benzene rings is 2. The van der Waals surface area contributed by atoms with E-state index in [4.69, 9.17) is 14.2 Å². The zero-order chi connectivity index (χ0) is 26.8. The molecule has 0 aromatic heterocycles. The highest BCUT2D eigenvalue weighted by Crippen LogP contribution is 2.37. The number of unbranched alkanes of at least 4 members (excludes halogenated alkanes) is 1. The lowest BCUT2D eigenvalue weighted by molar-refractivity contribution is -0.150. The number of amides is 1. The molecule has 198 valence electrons. The van der Waals surface area contributed by atoms with Crippen molar-refractivity contribution in [1.82, 2.24) is 4.90 Å². The molecule has 3 rings (SSSR count). The maximum Gasteiger partial charge on any atom is 0.410 e. The van der Waals surface area contributed by atoms with Crippen LogP contribution in [0.4, 0.5) is 4.79 Å². The molecule has 1 aliphatic heterocycles. The van der Waals surface area contributed by atoms with Gasteiger partial charge in [-0.25, -0.2) is 9.59 Å². The molecule has 0 aliphatic carbocycles. The predicted molar refractivity (Wildman–Crippen MR) is 134 cm³/mol. The van der Waals surface area contributed by atoms with Crippen LogP contribution >= 0.6 is 0 Å². The number of carbonyl (C=O) groups excluding carboxylic acids is 3. The molecule has 0 radical (unpaired) electrons. The van der Waals surface area contributed by atoms with Crippen molar-refractivity contribution in [1.29, 1.82) is 0 Å². The van der Waals surface area contributed by atoms with Crippen LogP contribution < -0.4 is 4.74 Å². The number of rotatable bonds is 12. The fraction of sp³-hybridized carbons (Fsp3) is 0.429. The molecular weight excluding hydrogens is 478 g/mol. The molecule has 9 heteroatoms. The van der Waals surface area contributed by atoms with Crippen LogP contribution in [0.2, 0.25) is 0 Å². The van der Waals surface area contributed by atoms with Gasteiger partial charge in [-0.2, -0.15) is 0 Å². The Hall–Kier alpha value is -3.88. The van der Waals surface area contributed by atoms with Gasteiger partial charge in [0.25, 0.3) is 0 Å². The molecule has 37 heavy (non-hydrogen) atoms. The molecule has 1 N–H and O–H groups in total. The van der Waals surface area contributed by atoms with Gasteiger partial charge in [0.2, 0.25) is 0 Å². The van der Waals surface area contributed by atoms with Crippen LogP contribution in [0.1, 0.15) is 49.0 Å². The number of esters is 1. The van der Waals surface area contributed by atoms with Crippen molar-refractivity contribution in [3.05, 3.63) is 65.7 Å². The Morgan fingerprint density at radius 1 is 1.00 bits per heavy atom. The maximum absolute atomic E-state index is 13.6. The minimum atomic E-state index is -1.27. The Morgan fingerprint density at radius 2 is 1.76 bits per heavy atom. The molecule has 0 unspecified atom stereocenters. The molecule has 0 saturated carbocycles. The van der Waals surface area contributed by atoms with E-state index < -0.39 is 42.3 Å². The normalized spacial score (nSPS) is 18.8. The van der Waals surface area contributed by atoms with Crippen LogP contribution in [0, 0.1) is 11.8 Å². The average molecular weight is 512 g/mol. The number of carbonyl (C=O) groups is 4. The van der Waals surface area contributed by atoms with E-state index in [2.05, 4.69) is 0 Å². The van der Waals surface area contributed by atoms with Crippen molar-refractivity contribution in [2.75, 3.05) is 19.8 Å². The first-order valence-corrected chi connectivity index (χ1v) is 12.5. The zero-order valence-electron chi connectivity index (χ0n) is 21.1. The van der Waals surface area contributed by atoms with Gasteiger partial charge >= 0.3 is 18.0 Å². The van der Waals surface area contributed by atoms with E-state index in [9.17, 15) is 24.3 Å². The summed E-state index contributed by atoms with van der Waals surface area (Å²) in [6, 6.07) is 14.4. The number of ether oxygens (including phenoxy) is 3. The number of Topliss-reactive ketones (excluding diaryl/α,β-unsaturated/α-hetero) is 1. The molecule has 0 bridgehead atoms. The zero-order valence-corrected chi connectivity index (χ0v) is 21.1. The molecular formula is C28H33NO8. The van der Waals surface area contributed by atoms with Crippen LogP contribution in [0.25, 0.3) is 0 Å². The predicted octanol–water partition coefficient (Wildman–Crippen LogP) is 4.34. The summed E-state index contributed by atoms with van der Waals surface area (Å²) in [6.07, 6.45) is 0.519. The van der Waals surface area contributed by atoms with Gasteiger partial charge < -0.3 is 19.3 Å². The summed E-state index contributed by atoms with van der Waals surface area (Å²) < 4.78 is 16.3. The third-order valence-electron chi connectivity index (χ3n) is 6.25. The first-order valence-electron chi connectivity index (χ1n) is 12.5. The van der Waals surface area contributed by atoms with E-state index in [-0.39, 0.29) is 25.5 Å². The van der Waals surface area contributed by atoms with E-state index in [1.807, 2.05) is 13.0 Å². The minimum Gasteiger partial charge on any atom is -0.494 e. The monoisotopic (exact) mass is 511 g/mol. The molecule has 3 atom stereocenters. The van der Waals surface area contributed by atoms with Crippen LogP contribution in [0.3, 0.4) is 0 Å². The second-order valence-corrected chi connectivity index (χ2v) is 8.85. The first kappa shape index (κ1) is 27.7. The Morgan fingerprint density at radius 3 is 2.43 bits per heavy atom. The number of likely N-dealkylation sites (tertiary alicyclic amines) is 1. The van der Waals surface area contributed by atoms with E-state index in [0.29, 0.717) is 17.9 Å². The van der Waals surface area contributed by atoms with Gasteiger partial charge in [-0.3, -0.25) is 14.5 Å². The lowest BCUT2D eigenvalue weighted by atomic mass is 9.82. The van der Waals surface area contributed by atoms with E-state index >= 15 is 0 Å². The smallest absolute Gasteiger partial charge is 0.410 e. The van der Waals surface area contributed by atoms with Gasteiger partial charge in [0.05, 0.1) is 19.6 Å². The summed E-state index contributed by atoms with van der Waals surface area (Å²) in [6.45, 7) is 4.00. The van der Waals surface area contributed by atoms with Crippen LogP contribution in [-0.2, 0) is 25.7 Å². The number of nitrogens with zero attached hydrogens (tertiary/aromatic N) is 1. The van der Waals surface area contributed by atoms with E-state index in [0.717, 1.165) is 23.3 Å². The topological polar surface area (TPSA) is 119 Å². The SMILES string of the molecule is CCCCOc1cccc(C(=O)[C@H]2CN(C(=O)OCc3ccccc3)[C@H](C(=O)OCC)[C@H]2CC(=O)O)c1. The minimum absolute atomic E-state index is 0.0366. The summed E-state index contributed by atoms with van der Waals surface area (Å²) in [7, 11) is 0. The second-order valence-electron chi connectivity index (χ2n) is 8.85. The van der Waals surface area contributed by atoms with Crippen molar-refractivity contribution < 1.29 is 38.5 Å². The molecule has 1 amide bonds. The summed E-state index contributed by atoms with van der Waals surface area (Å²) >= 11 is 0. The lowest BCUT2D eigenvalue weighted by Gasteiger charge is -2.25. The summed E-state index contributed by atoms with van der Waals surface area (Å²) in [5.74, 6) is -3.74. The molecule has 1 aliphatic rings. The summed E-state index contributed by atoms with van der Waals surface area (Å²) in [5, 5.41) is 9.60. The molecule has 1 fully saturated rings. The summed E-state index contributed by atoms with van der Waals surface area (Å²) in [4.78, 5) is 52.5.